The quantitative estimate of drug-likeness (QED) is 0.791. The number of methoxy groups -OCH3 is 1. The van der Waals surface area contributed by atoms with Gasteiger partial charge >= 0.3 is 5.97 Å². The summed E-state index contributed by atoms with van der Waals surface area (Å²) < 4.78 is 4.75. The zero-order valence-corrected chi connectivity index (χ0v) is 7.88. The maximum Gasteiger partial charge on any atom is 0.336 e. The van der Waals surface area contributed by atoms with E-state index in [9.17, 15) is 4.79 Å². The van der Waals surface area contributed by atoms with Crippen LogP contribution in [0.4, 0.5) is 0 Å². The summed E-state index contributed by atoms with van der Waals surface area (Å²) in [6, 6.07) is 9.48. The molecule has 1 rings (SSSR count). The summed E-state index contributed by atoms with van der Waals surface area (Å²) in [5.74, 6) is -0.986. The Morgan fingerprint density at radius 2 is 2.07 bits per heavy atom. The monoisotopic (exact) mass is 192 g/mol. The van der Waals surface area contributed by atoms with Crippen molar-refractivity contribution in [1.82, 2.24) is 0 Å². The van der Waals surface area contributed by atoms with E-state index in [1.54, 1.807) is 6.08 Å². The van der Waals surface area contributed by atoms with Gasteiger partial charge in [0.25, 0.3) is 0 Å². The van der Waals surface area contributed by atoms with Crippen LogP contribution in [0.15, 0.2) is 36.4 Å². The maximum absolute atomic E-state index is 10.6. The summed E-state index contributed by atoms with van der Waals surface area (Å²) in [6.45, 7) is 0. The van der Waals surface area contributed by atoms with Crippen LogP contribution in [-0.4, -0.2) is 24.3 Å². The molecule has 1 atom stereocenters. The first-order valence-corrected chi connectivity index (χ1v) is 4.23. The van der Waals surface area contributed by atoms with E-state index in [1.807, 2.05) is 30.3 Å². The zero-order chi connectivity index (χ0) is 10.4. The Kier molecular flexibility index (Phi) is 3.88. The Labute approximate surface area is 82.6 Å². The summed E-state index contributed by atoms with van der Waals surface area (Å²) in [7, 11) is 1.37. The molecule has 0 aliphatic heterocycles. The fourth-order valence-corrected chi connectivity index (χ4v) is 1.02. The molecule has 0 heterocycles. The van der Waals surface area contributed by atoms with Crippen molar-refractivity contribution < 1.29 is 14.6 Å². The Bertz CT molecular complexity index is 317. The molecule has 1 unspecified atom stereocenters. The first-order valence-electron chi connectivity index (χ1n) is 4.23. The van der Waals surface area contributed by atoms with Crippen LogP contribution in [0, 0.1) is 0 Å². The number of hydrogen-bond acceptors (Lipinski definition) is 2. The normalized spacial score (nSPS) is 12.9. The largest absolute Gasteiger partial charge is 0.479 e. The van der Waals surface area contributed by atoms with Crippen molar-refractivity contribution in [1.29, 1.82) is 0 Å². The highest BCUT2D eigenvalue weighted by molar-refractivity contribution is 5.76. The van der Waals surface area contributed by atoms with Gasteiger partial charge < -0.3 is 9.84 Å². The van der Waals surface area contributed by atoms with Crippen LogP contribution in [0.1, 0.15) is 5.56 Å². The molecule has 1 aromatic rings. The number of hydrogen-bond donors (Lipinski definition) is 1. The second kappa shape index (κ2) is 5.19. The highest BCUT2D eigenvalue weighted by Gasteiger charge is 2.10. The number of carbonyl (C=O) groups is 1. The van der Waals surface area contributed by atoms with Crippen LogP contribution in [-0.2, 0) is 9.53 Å². The van der Waals surface area contributed by atoms with Crippen LogP contribution in [0.2, 0.25) is 0 Å². The first-order chi connectivity index (χ1) is 6.74. The predicted molar refractivity (Wildman–Crippen MR) is 53.9 cm³/mol. The molecule has 3 nitrogen and oxygen atoms in total. The highest BCUT2D eigenvalue weighted by Crippen LogP contribution is 2.03. The van der Waals surface area contributed by atoms with Gasteiger partial charge in [-0.1, -0.05) is 36.4 Å². The van der Waals surface area contributed by atoms with Crippen LogP contribution >= 0.6 is 0 Å². The van der Waals surface area contributed by atoms with Crippen LogP contribution in [0.5, 0.6) is 0 Å². The standard InChI is InChI=1S/C11H12O3/c1-14-10(11(12)13)8-7-9-5-3-2-4-6-9/h2-8,10H,1H3,(H,12,13). The van der Waals surface area contributed by atoms with Crippen LogP contribution in [0.25, 0.3) is 6.08 Å². The minimum Gasteiger partial charge on any atom is -0.479 e. The molecule has 74 valence electrons. The molecule has 0 aromatic heterocycles. The fourth-order valence-electron chi connectivity index (χ4n) is 1.02. The van der Waals surface area contributed by atoms with E-state index in [4.69, 9.17) is 9.84 Å². The summed E-state index contributed by atoms with van der Waals surface area (Å²) in [6.07, 6.45) is 2.36. The fraction of sp³-hybridized carbons (Fsp3) is 0.182. The third-order valence-corrected chi connectivity index (χ3v) is 1.76. The van der Waals surface area contributed by atoms with Crippen molar-refractivity contribution >= 4 is 12.0 Å². The molecule has 0 bridgehead atoms. The van der Waals surface area contributed by atoms with Crippen LogP contribution in [0.3, 0.4) is 0 Å². The molecule has 0 saturated carbocycles. The maximum atomic E-state index is 10.6. The van der Waals surface area contributed by atoms with E-state index in [0.29, 0.717) is 0 Å². The van der Waals surface area contributed by atoms with Crippen molar-refractivity contribution in [3.63, 3.8) is 0 Å². The lowest BCUT2D eigenvalue weighted by atomic mass is 10.2. The van der Waals surface area contributed by atoms with E-state index < -0.39 is 12.1 Å². The number of rotatable bonds is 4. The average Bonchev–Trinajstić information content (AvgIpc) is 2.20. The smallest absolute Gasteiger partial charge is 0.336 e. The molecule has 3 heteroatoms. The van der Waals surface area contributed by atoms with E-state index in [-0.39, 0.29) is 0 Å². The summed E-state index contributed by atoms with van der Waals surface area (Å²) in [4.78, 5) is 10.6. The van der Waals surface area contributed by atoms with E-state index in [1.165, 1.54) is 13.2 Å². The molecule has 14 heavy (non-hydrogen) atoms. The molecule has 0 radical (unpaired) electrons. The average molecular weight is 192 g/mol. The molecule has 1 N–H and O–H groups in total. The van der Waals surface area contributed by atoms with Gasteiger partial charge in [-0.05, 0) is 11.6 Å². The van der Waals surface area contributed by atoms with E-state index >= 15 is 0 Å². The Balaban J connectivity index is 2.67. The summed E-state index contributed by atoms with van der Waals surface area (Å²) in [5.41, 5.74) is 0.954. The lowest BCUT2D eigenvalue weighted by Crippen LogP contribution is -2.19. The van der Waals surface area contributed by atoms with Crippen molar-refractivity contribution in [2.75, 3.05) is 7.11 Å². The second-order valence-corrected chi connectivity index (χ2v) is 2.76. The van der Waals surface area contributed by atoms with Gasteiger partial charge in [-0.2, -0.15) is 0 Å². The Morgan fingerprint density at radius 3 is 2.57 bits per heavy atom. The van der Waals surface area contributed by atoms with Gasteiger partial charge in [0.05, 0.1) is 0 Å². The third kappa shape index (κ3) is 3.03. The molecule has 0 fully saturated rings. The second-order valence-electron chi connectivity index (χ2n) is 2.76. The number of carboxylic acid groups (broad SMARTS) is 1. The number of ether oxygens (including phenoxy) is 1. The van der Waals surface area contributed by atoms with Crippen molar-refractivity contribution in [3.8, 4) is 0 Å². The third-order valence-electron chi connectivity index (χ3n) is 1.76. The first kappa shape index (κ1) is 10.5. The van der Waals surface area contributed by atoms with Gasteiger partial charge in [-0.3, -0.25) is 0 Å². The van der Waals surface area contributed by atoms with Gasteiger partial charge in [-0.25, -0.2) is 4.79 Å². The SMILES string of the molecule is COC(C=Cc1ccccc1)C(=O)O. The Morgan fingerprint density at radius 1 is 1.43 bits per heavy atom. The van der Waals surface area contributed by atoms with E-state index in [0.717, 1.165) is 5.56 Å². The van der Waals surface area contributed by atoms with Gasteiger partial charge in [0, 0.05) is 7.11 Å². The minimum absolute atomic E-state index is 0.879. The minimum atomic E-state index is -0.986. The summed E-state index contributed by atoms with van der Waals surface area (Å²) >= 11 is 0. The zero-order valence-electron chi connectivity index (χ0n) is 7.88. The van der Waals surface area contributed by atoms with E-state index in [2.05, 4.69) is 0 Å². The lowest BCUT2D eigenvalue weighted by molar-refractivity contribution is -0.145. The lowest BCUT2D eigenvalue weighted by Gasteiger charge is -2.03. The number of benzene rings is 1. The van der Waals surface area contributed by atoms with Gasteiger partial charge in [0.1, 0.15) is 0 Å². The molecule has 0 amide bonds. The van der Waals surface area contributed by atoms with Crippen molar-refractivity contribution in [2.24, 2.45) is 0 Å². The molecule has 1 aromatic carbocycles. The molecule has 0 spiro atoms. The predicted octanol–water partition coefficient (Wildman–Crippen LogP) is 1.80. The van der Waals surface area contributed by atoms with Crippen LogP contribution < -0.4 is 0 Å². The number of aliphatic carboxylic acids is 1. The molecule has 0 aliphatic rings. The van der Waals surface area contributed by atoms with Gasteiger partial charge in [0.2, 0.25) is 0 Å². The van der Waals surface area contributed by atoms with Gasteiger partial charge in [0.15, 0.2) is 6.10 Å². The Hall–Kier alpha value is -1.61. The highest BCUT2D eigenvalue weighted by atomic mass is 16.5. The van der Waals surface area contributed by atoms with Crippen molar-refractivity contribution in [3.05, 3.63) is 42.0 Å². The molecule has 0 aliphatic carbocycles. The van der Waals surface area contributed by atoms with Gasteiger partial charge in [-0.15, -0.1) is 0 Å². The van der Waals surface area contributed by atoms with Crippen molar-refractivity contribution in [2.45, 2.75) is 6.10 Å². The molecular formula is C11H12O3. The topological polar surface area (TPSA) is 46.5 Å². The number of carboxylic acids is 1. The molecule has 0 saturated heterocycles. The molecular weight excluding hydrogens is 180 g/mol. The summed E-state index contributed by atoms with van der Waals surface area (Å²) in [5, 5.41) is 8.68.